The molecule has 0 aromatic heterocycles. The van der Waals surface area contributed by atoms with Crippen molar-refractivity contribution in [3.63, 3.8) is 0 Å². The van der Waals surface area contributed by atoms with Gasteiger partial charge in [0, 0.05) is 13.0 Å². The number of alkyl halides is 13. The number of aliphatic hydroxyl groups excluding tert-OH is 1. The maximum Gasteiger partial charge on any atom is 0.460 e. The molecule has 1 N–H and O–H groups in total. The quantitative estimate of drug-likeness (QED) is 0.484. The fraction of sp³-hybridized carbons (Fsp3) is 1.00. The molecule has 2 nitrogen and oxygen atoms in total. The van der Waals surface area contributed by atoms with Gasteiger partial charge in [0.05, 0.1) is 6.10 Å². The van der Waals surface area contributed by atoms with E-state index in [0.29, 0.717) is 0 Å². The lowest BCUT2D eigenvalue weighted by molar-refractivity contribution is -0.440. The highest BCUT2D eigenvalue weighted by Gasteiger charge is 2.90. The van der Waals surface area contributed by atoms with Crippen molar-refractivity contribution in [2.24, 2.45) is 0 Å². The smallest absolute Gasteiger partial charge is 0.392 e. The summed E-state index contributed by atoms with van der Waals surface area (Å²) in [6.45, 7) is 2.19. The summed E-state index contributed by atoms with van der Waals surface area (Å²) in [5, 5.41) is 9.32. The fourth-order valence-corrected chi connectivity index (χ4v) is 2.07. The zero-order valence-electron chi connectivity index (χ0n) is 14.2. The Labute approximate surface area is 150 Å². The van der Waals surface area contributed by atoms with Gasteiger partial charge in [0.25, 0.3) is 0 Å². The summed E-state index contributed by atoms with van der Waals surface area (Å²) in [5.74, 6) is -37.1. The highest BCUT2D eigenvalue weighted by molar-refractivity contribution is 5.10. The number of aliphatic hydroxyl groups is 1. The van der Waals surface area contributed by atoms with Crippen LogP contribution < -0.4 is 0 Å². The van der Waals surface area contributed by atoms with Crippen LogP contribution in [0.15, 0.2) is 0 Å². The molecule has 0 saturated carbocycles. The highest BCUT2D eigenvalue weighted by Crippen LogP contribution is 2.60. The molecule has 0 aromatic carbocycles. The Morgan fingerprint density at radius 2 is 1.00 bits per heavy atom. The van der Waals surface area contributed by atoms with Gasteiger partial charge in [-0.2, -0.15) is 57.1 Å². The molecule has 0 saturated heterocycles. The number of hydrogen-bond donors (Lipinski definition) is 1. The second-order valence-corrected chi connectivity index (χ2v) is 5.84. The first-order valence-electron chi connectivity index (χ1n) is 7.50. The molecule has 1 unspecified atom stereocenters. The molecule has 0 aliphatic carbocycles. The van der Waals surface area contributed by atoms with Gasteiger partial charge in [0.1, 0.15) is 0 Å². The van der Waals surface area contributed by atoms with Gasteiger partial charge in [-0.1, -0.05) is 13.8 Å². The summed E-state index contributed by atoms with van der Waals surface area (Å²) in [4.78, 5) is 1.14. The molecular weight excluding hydrogens is 433 g/mol. The number of hydrogen-bond acceptors (Lipinski definition) is 2. The van der Waals surface area contributed by atoms with Crippen LogP contribution in [0.2, 0.25) is 0 Å². The van der Waals surface area contributed by atoms with E-state index in [9.17, 15) is 62.2 Å². The van der Waals surface area contributed by atoms with E-state index in [1.54, 1.807) is 0 Å². The lowest BCUT2D eigenvalue weighted by atomic mass is 9.91. The maximum absolute atomic E-state index is 13.6. The lowest BCUT2D eigenvalue weighted by Crippen LogP contribution is -2.70. The van der Waals surface area contributed by atoms with Crippen LogP contribution in [0.4, 0.5) is 57.1 Å². The molecule has 0 radical (unpaired) electrons. The molecule has 0 amide bonds. The summed E-state index contributed by atoms with van der Waals surface area (Å²) in [6.07, 6.45) is -12.5. The average molecular weight is 449 g/mol. The normalized spacial score (nSPS) is 16.6. The predicted octanol–water partition coefficient (Wildman–Crippen LogP) is 4.82. The van der Waals surface area contributed by atoms with Crippen LogP contribution in [0.25, 0.3) is 0 Å². The molecule has 170 valence electrons. The van der Waals surface area contributed by atoms with Crippen LogP contribution in [0.3, 0.4) is 0 Å². The van der Waals surface area contributed by atoms with Crippen molar-refractivity contribution in [1.82, 2.24) is 4.90 Å². The van der Waals surface area contributed by atoms with Crippen LogP contribution in [-0.4, -0.2) is 71.5 Å². The number of nitrogens with zero attached hydrogens (tertiary/aromatic N) is 1. The average Bonchev–Trinajstić information content (AvgIpc) is 2.50. The van der Waals surface area contributed by atoms with Crippen LogP contribution in [0, 0.1) is 0 Å². The Morgan fingerprint density at radius 1 is 0.643 bits per heavy atom. The van der Waals surface area contributed by atoms with Gasteiger partial charge in [-0.15, -0.1) is 0 Å². The van der Waals surface area contributed by atoms with Crippen molar-refractivity contribution in [1.29, 1.82) is 0 Å². The third-order valence-electron chi connectivity index (χ3n) is 3.85. The number of halogens is 13. The van der Waals surface area contributed by atoms with Gasteiger partial charge in [-0.05, 0) is 13.1 Å². The van der Waals surface area contributed by atoms with Gasteiger partial charge in [0.2, 0.25) is 0 Å². The van der Waals surface area contributed by atoms with Crippen LogP contribution in [-0.2, 0) is 0 Å². The molecular formula is C13H16F13NO. The molecule has 15 heteroatoms. The summed E-state index contributed by atoms with van der Waals surface area (Å²) in [7, 11) is 0. The molecule has 0 fully saturated rings. The van der Waals surface area contributed by atoms with Crippen molar-refractivity contribution < 1.29 is 62.2 Å². The predicted molar refractivity (Wildman–Crippen MR) is 69.2 cm³/mol. The fourth-order valence-electron chi connectivity index (χ4n) is 2.07. The first kappa shape index (κ1) is 27.0. The minimum absolute atomic E-state index is 0.0710. The zero-order valence-corrected chi connectivity index (χ0v) is 14.2. The Balaban J connectivity index is 5.92. The van der Waals surface area contributed by atoms with E-state index in [4.69, 9.17) is 0 Å². The summed E-state index contributed by atoms with van der Waals surface area (Å²) >= 11 is 0. The van der Waals surface area contributed by atoms with Gasteiger partial charge in [-0.3, -0.25) is 0 Å². The van der Waals surface area contributed by atoms with E-state index in [-0.39, 0.29) is 13.1 Å². The van der Waals surface area contributed by atoms with E-state index in [0.717, 1.165) is 4.90 Å². The van der Waals surface area contributed by atoms with Crippen molar-refractivity contribution in [2.45, 2.75) is 62.2 Å². The van der Waals surface area contributed by atoms with Crippen LogP contribution in [0.5, 0.6) is 0 Å². The van der Waals surface area contributed by atoms with Crippen molar-refractivity contribution in [2.75, 3.05) is 19.6 Å². The van der Waals surface area contributed by atoms with Gasteiger partial charge < -0.3 is 10.0 Å². The molecule has 0 heterocycles. The topological polar surface area (TPSA) is 23.5 Å². The minimum Gasteiger partial charge on any atom is -0.392 e. The molecule has 1 atom stereocenters. The molecule has 0 rings (SSSR count). The third-order valence-corrected chi connectivity index (χ3v) is 3.85. The standard InChI is InChI=1S/C13H16F13NO/c1-3-27(4-2)6-7(28)5-8(14,15)9(16,17)10(18,19)11(20,21)12(22,23)13(24,25)26/h7,28H,3-6H2,1-2H3. The first-order valence-corrected chi connectivity index (χ1v) is 7.50. The molecule has 0 spiro atoms. The monoisotopic (exact) mass is 449 g/mol. The van der Waals surface area contributed by atoms with Gasteiger partial charge in [0.15, 0.2) is 0 Å². The third kappa shape index (κ3) is 4.44. The van der Waals surface area contributed by atoms with Crippen molar-refractivity contribution in [3.8, 4) is 0 Å². The Morgan fingerprint density at radius 3 is 1.32 bits per heavy atom. The summed E-state index contributed by atoms with van der Waals surface area (Å²) in [5.41, 5.74) is 0. The van der Waals surface area contributed by atoms with Gasteiger partial charge >= 0.3 is 35.8 Å². The molecule has 28 heavy (non-hydrogen) atoms. The van der Waals surface area contributed by atoms with Crippen molar-refractivity contribution >= 4 is 0 Å². The summed E-state index contributed by atoms with van der Waals surface area (Å²) < 4.78 is 168. The summed E-state index contributed by atoms with van der Waals surface area (Å²) in [6, 6.07) is 0. The lowest BCUT2D eigenvalue weighted by Gasteiger charge is -2.40. The van der Waals surface area contributed by atoms with Crippen LogP contribution >= 0.6 is 0 Å². The molecule has 0 bridgehead atoms. The van der Waals surface area contributed by atoms with E-state index in [2.05, 4.69) is 0 Å². The Kier molecular flexibility index (Phi) is 7.75. The Hall–Kier alpha value is -0.990. The van der Waals surface area contributed by atoms with E-state index < -0.39 is 54.9 Å². The SMILES string of the molecule is CCN(CC)CC(O)CC(F)(F)C(F)(F)C(F)(F)C(F)(F)C(F)(F)C(F)(F)F. The van der Waals surface area contributed by atoms with E-state index in [1.807, 2.05) is 0 Å². The van der Waals surface area contributed by atoms with E-state index in [1.165, 1.54) is 13.8 Å². The maximum atomic E-state index is 13.6. The van der Waals surface area contributed by atoms with Crippen LogP contribution in [0.1, 0.15) is 20.3 Å². The number of likely N-dealkylation sites (N-methyl/N-ethyl adjacent to an activating group) is 1. The highest BCUT2D eigenvalue weighted by atomic mass is 19.4. The molecule has 0 aromatic rings. The van der Waals surface area contributed by atoms with Gasteiger partial charge in [-0.25, -0.2) is 0 Å². The van der Waals surface area contributed by atoms with Crippen molar-refractivity contribution in [3.05, 3.63) is 0 Å². The number of rotatable bonds is 10. The molecule has 0 aliphatic rings. The largest absolute Gasteiger partial charge is 0.460 e. The second-order valence-electron chi connectivity index (χ2n) is 5.84. The second kappa shape index (κ2) is 8.03. The zero-order chi connectivity index (χ0) is 23.0. The van der Waals surface area contributed by atoms with E-state index >= 15 is 0 Å². The molecule has 0 aliphatic heterocycles. The minimum atomic E-state index is -7.92. The Bertz CT molecular complexity index is 513. The first-order chi connectivity index (χ1) is 12.1.